The second kappa shape index (κ2) is 8.87. The van der Waals surface area contributed by atoms with E-state index in [0.29, 0.717) is 42.8 Å². The Hall–Kier alpha value is -4.19. The highest BCUT2D eigenvalue weighted by Gasteiger charge is 2.25. The van der Waals surface area contributed by atoms with Gasteiger partial charge in [0.2, 0.25) is 0 Å². The Morgan fingerprint density at radius 1 is 1.17 bits per heavy atom. The molecule has 3 amide bonds. The van der Waals surface area contributed by atoms with Gasteiger partial charge in [-0.25, -0.2) is 14.8 Å². The van der Waals surface area contributed by atoms with E-state index in [2.05, 4.69) is 42.3 Å². The first-order chi connectivity index (χ1) is 17.1. The molecule has 0 radical (unpaired) electrons. The third-order valence-electron chi connectivity index (χ3n) is 6.07. The van der Waals surface area contributed by atoms with E-state index in [1.807, 2.05) is 18.3 Å². The topological polar surface area (TPSA) is 138 Å². The molecule has 180 valence electrons. The second-order valence-corrected chi connectivity index (χ2v) is 8.72. The van der Waals surface area contributed by atoms with Gasteiger partial charge < -0.3 is 25.6 Å². The number of rotatable bonds is 7. The van der Waals surface area contributed by atoms with Crippen LogP contribution in [0.25, 0.3) is 11.7 Å². The van der Waals surface area contributed by atoms with Crippen LogP contribution in [-0.4, -0.2) is 63.9 Å². The van der Waals surface area contributed by atoms with Crippen LogP contribution < -0.4 is 26.2 Å². The predicted molar refractivity (Wildman–Crippen MR) is 129 cm³/mol. The largest absolute Gasteiger partial charge is 0.378 e. The van der Waals surface area contributed by atoms with E-state index >= 15 is 0 Å². The SMILES string of the molecule is O=C1NC(=O)/C(=C/c2cnn3c(NC4CC4)cc(NCc4ccnc(N5CCOCC5)c4)nc23)N1. The number of anilines is 3. The third-order valence-corrected chi connectivity index (χ3v) is 6.07. The van der Waals surface area contributed by atoms with Crippen LogP contribution in [0, 0.1) is 0 Å². The number of urea groups is 1. The minimum Gasteiger partial charge on any atom is -0.378 e. The number of nitrogens with zero attached hydrogens (tertiary/aromatic N) is 5. The van der Waals surface area contributed by atoms with Crippen LogP contribution in [0.4, 0.5) is 22.2 Å². The van der Waals surface area contributed by atoms with Crippen LogP contribution in [0.3, 0.4) is 0 Å². The zero-order valence-corrected chi connectivity index (χ0v) is 19.0. The molecular formula is C23H25N9O3. The van der Waals surface area contributed by atoms with Crippen molar-refractivity contribution in [3.05, 3.63) is 47.4 Å². The maximum atomic E-state index is 12.0. The van der Waals surface area contributed by atoms with E-state index in [0.717, 1.165) is 43.1 Å². The number of aromatic nitrogens is 4. The lowest BCUT2D eigenvalue weighted by molar-refractivity contribution is -0.115. The van der Waals surface area contributed by atoms with Crippen molar-refractivity contribution in [1.82, 2.24) is 30.2 Å². The summed E-state index contributed by atoms with van der Waals surface area (Å²) in [5, 5.41) is 16.1. The molecule has 12 heteroatoms. The Labute approximate surface area is 200 Å². The Morgan fingerprint density at radius 2 is 2.03 bits per heavy atom. The second-order valence-electron chi connectivity index (χ2n) is 8.72. The number of imide groups is 1. The molecule has 0 spiro atoms. The van der Waals surface area contributed by atoms with Crippen molar-refractivity contribution in [2.45, 2.75) is 25.4 Å². The van der Waals surface area contributed by atoms with Crippen molar-refractivity contribution >= 4 is 41.1 Å². The van der Waals surface area contributed by atoms with Gasteiger partial charge in [0.25, 0.3) is 5.91 Å². The van der Waals surface area contributed by atoms with E-state index in [9.17, 15) is 9.59 Å². The van der Waals surface area contributed by atoms with Crippen molar-refractivity contribution in [3.8, 4) is 0 Å². The van der Waals surface area contributed by atoms with Gasteiger partial charge in [-0.15, -0.1) is 0 Å². The predicted octanol–water partition coefficient (Wildman–Crippen LogP) is 1.33. The minimum atomic E-state index is -0.544. The van der Waals surface area contributed by atoms with Gasteiger partial charge in [-0.1, -0.05) is 0 Å². The van der Waals surface area contributed by atoms with Gasteiger partial charge in [-0.05, 0) is 36.6 Å². The molecule has 2 aliphatic heterocycles. The summed E-state index contributed by atoms with van der Waals surface area (Å²) in [6.07, 6.45) is 7.25. The molecule has 0 aromatic carbocycles. The average Bonchev–Trinajstić information content (AvgIpc) is 3.51. The molecule has 3 aliphatic rings. The van der Waals surface area contributed by atoms with E-state index < -0.39 is 11.9 Å². The highest BCUT2D eigenvalue weighted by atomic mass is 16.5. The Kier molecular flexibility index (Phi) is 5.41. The molecule has 0 unspecified atom stereocenters. The summed E-state index contributed by atoms with van der Waals surface area (Å²) in [5.74, 6) is 1.95. The van der Waals surface area contributed by atoms with Crippen LogP contribution in [0.15, 0.2) is 36.3 Å². The van der Waals surface area contributed by atoms with E-state index in [1.54, 1.807) is 16.8 Å². The number of hydrogen-bond acceptors (Lipinski definition) is 9. The molecule has 35 heavy (non-hydrogen) atoms. The summed E-state index contributed by atoms with van der Waals surface area (Å²) in [6.45, 7) is 3.64. The average molecular weight is 476 g/mol. The molecule has 3 aromatic heterocycles. The first-order valence-corrected chi connectivity index (χ1v) is 11.6. The van der Waals surface area contributed by atoms with Crippen molar-refractivity contribution < 1.29 is 14.3 Å². The molecule has 0 atom stereocenters. The van der Waals surface area contributed by atoms with Crippen LogP contribution in [0.2, 0.25) is 0 Å². The van der Waals surface area contributed by atoms with Gasteiger partial charge in [-0.3, -0.25) is 10.1 Å². The molecule has 6 rings (SSSR count). The Bertz CT molecular complexity index is 1330. The first-order valence-electron chi connectivity index (χ1n) is 11.6. The number of nitrogens with one attached hydrogen (secondary N) is 4. The fraction of sp³-hybridized carbons (Fsp3) is 0.348. The summed E-state index contributed by atoms with van der Waals surface area (Å²) in [6, 6.07) is 5.86. The van der Waals surface area contributed by atoms with Crippen molar-refractivity contribution in [3.63, 3.8) is 0 Å². The Balaban J connectivity index is 1.27. The van der Waals surface area contributed by atoms with Gasteiger partial charge in [-0.2, -0.15) is 9.61 Å². The molecular weight excluding hydrogens is 450 g/mol. The van der Waals surface area contributed by atoms with E-state index in [1.165, 1.54) is 0 Å². The lowest BCUT2D eigenvalue weighted by Crippen LogP contribution is -2.36. The van der Waals surface area contributed by atoms with Gasteiger partial charge in [0.1, 0.15) is 23.2 Å². The number of carbonyl (C=O) groups excluding carboxylic acids is 2. The van der Waals surface area contributed by atoms with Crippen molar-refractivity contribution in [2.24, 2.45) is 0 Å². The number of carbonyl (C=O) groups is 2. The van der Waals surface area contributed by atoms with Crippen molar-refractivity contribution in [2.75, 3.05) is 41.8 Å². The summed E-state index contributed by atoms with van der Waals surface area (Å²) in [4.78, 5) is 35.0. The van der Waals surface area contributed by atoms with Crippen molar-refractivity contribution in [1.29, 1.82) is 0 Å². The zero-order valence-electron chi connectivity index (χ0n) is 19.0. The maximum absolute atomic E-state index is 12.0. The molecule has 4 N–H and O–H groups in total. The van der Waals surface area contributed by atoms with E-state index in [4.69, 9.17) is 9.72 Å². The molecule has 1 aliphatic carbocycles. The first kappa shape index (κ1) is 21.4. The summed E-state index contributed by atoms with van der Waals surface area (Å²) < 4.78 is 7.16. The number of fused-ring (bicyclic) bond motifs is 1. The van der Waals surface area contributed by atoms with Crippen LogP contribution in [0.1, 0.15) is 24.0 Å². The fourth-order valence-electron chi connectivity index (χ4n) is 4.08. The fourth-order valence-corrected chi connectivity index (χ4v) is 4.08. The molecule has 12 nitrogen and oxygen atoms in total. The van der Waals surface area contributed by atoms with E-state index in [-0.39, 0.29) is 5.70 Å². The molecule has 1 saturated carbocycles. The lowest BCUT2D eigenvalue weighted by atomic mass is 10.2. The number of ether oxygens (including phenoxy) is 1. The van der Waals surface area contributed by atoms with Gasteiger partial charge in [0.05, 0.1) is 19.4 Å². The third kappa shape index (κ3) is 4.60. The van der Waals surface area contributed by atoms with Gasteiger partial charge in [0, 0.05) is 43.5 Å². The number of morpholine rings is 1. The quantitative estimate of drug-likeness (QED) is 0.294. The molecule has 2 saturated heterocycles. The van der Waals surface area contributed by atoms with Crippen LogP contribution >= 0.6 is 0 Å². The minimum absolute atomic E-state index is 0.161. The highest BCUT2D eigenvalue weighted by Crippen LogP contribution is 2.28. The zero-order chi connectivity index (χ0) is 23.8. The number of hydrogen-bond donors (Lipinski definition) is 4. The molecule has 3 fully saturated rings. The molecule has 0 bridgehead atoms. The maximum Gasteiger partial charge on any atom is 0.326 e. The smallest absolute Gasteiger partial charge is 0.326 e. The summed E-state index contributed by atoms with van der Waals surface area (Å²) >= 11 is 0. The van der Waals surface area contributed by atoms with Crippen LogP contribution in [0.5, 0.6) is 0 Å². The number of amides is 3. The standard InChI is InChI=1S/C23H25N9O3/c33-22-17(28-23(34)30-22)10-15-13-26-32-20(27-16-1-2-16)11-18(29-21(15)32)25-12-14-3-4-24-19(9-14)31-5-7-35-8-6-31/h3-4,9-11,13,16,27H,1-2,5-8,12H2,(H,25,29)(H2,28,30,33,34)/b17-10-. The summed E-state index contributed by atoms with van der Waals surface area (Å²) in [7, 11) is 0. The van der Waals surface area contributed by atoms with Gasteiger partial charge in [0.15, 0.2) is 5.65 Å². The molecule has 5 heterocycles. The summed E-state index contributed by atoms with van der Waals surface area (Å²) in [5.41, 5.74) is 2.44. The number of pyridine rings is 1. The Morgan fingerprint density at radius 3 is 2.80 bits per heavy atom. The van der Waals surface area contributed by atoms with Gasteiger partial charge >= 0.3 is 6.03 Å². The monoisotopic (exact) mass is 475 g/mol. The molecule has 3 aromatic rings. The van der Waals surface area contributed by atoms with Crippen LogP contribution in [-0.2, 0) is 16.1 Å². The normalized spacial score (nSPS) is 19.2. The lowest BCUT2D eigenvalue weighted by Gasteiger charge is -2.28. The highest BCUT2D eigenvalue weighted by molar-refractivity contribution is 6.14.